The zero-order chi connectivity index (χ0) is 6.04. The largest absolute Gasteiger partial charge is 0.385 e. The predicted octanol–water partition coefficient (Wildman–Crippen LogP) is -1.03. The lowest BCUT2D eigenvalue weighted by Crippen LogP contribution is -2.61. The van der Waals surface area contributed by atoms with E-state index < -0.39 is 5.60 Å². The number of nitrogens with one attached hydrogen (secondary N) is 1. The molecule has 0 unspecified atom stereocenters. The minimum Gasteiger partial charge on any atom is -0.385 e. The van der Waals surface area contributed by atoms with E-state index in [0.29, 0.717) is 19.7 Å². The maximum atomic E-state index is 9.22. The van der Waals surface area contributed by atoms with Crippen LogP contribution in [0.2, 0.25) is 0 Å². The summed E-state index contributed by atoms with van der Waals surface area (Å²) in [6, 6.07) is 0. The summed E-state index contributed by atoms with van der Waals surface area (Å²) < 4.78 is 4.76. The first-order valence-corrected chi connectivity index (χ1v) is 2.69. The summed E-state index contributed by atoms with van der Waals surface area (Å²) in [4.78, 5) is 0. The molecule has 0 aromatic heterocycles. The molecule has 48 valence electrons. The van der Waals surface area contributed by atoms with Crippen LogP contribution in [0, 0.1) is 0 Å². The molecule has 0 aromatic carbocycles. The molecule has 1 rings (SSSR count). The molecule has 0 aliphatic carbocycles. The van der Waals surface area contributed by atoms with E-state index in [-0.39, 0.29) is 0 Å². The molecule has 0 amide bonds. The van der Waals surface area contributed by atoms with Crippen molar-refractivity contribution < 1.29 is 9.84 Å². The van der Waals surface area contributed by atoms with Crippen molar-refractivity contribution in [2.45, 2.75) is 5.60 Å². The molecule has 1 aliphatic rings. The molecule has 0 aromatic rings. The fourth-order valence-corrected chi connectivity index (χ4v) is 0.784. The third-order valence-corrected chi connectivity index (χ3v) is 1.32. The number of hydrogen-bond acceptors (Lipinski definition) is 3. The molecule has 1 heterocycles. The normalized spacial score (nSPS) is 24.8. The van der Waals surface area contributed by atoms with Crippen LogP contribution in [0.3, 0.4) is 0 Å². The van der Waals surface area contributed by atoms with E-state index in [1.807, 2.05) is 0 Å². The summed E-state index contributed by atoms with van der Waals surface area (Å²) >= 11 is 0. The fraction of sp³-hybridized carbons (Fsp3) is 1.00. The van der Waals surface area contributed by atoms with Crippen LogP contribution in [0.5, 0.6) is 0 Å². The summed E-state index contributed by atoms with van der Waals surface area (Å²) in [7, 11) is 1.59. The molecule has 8 heavy (non-hydrogen) atoms. The number of aliphatic hydroxyl groups is 1. The Morgan fingerprint density at radius 3 is 2.50 bits per heavy atom. The van der Waals surface area contributed by atoms with Gasteiger partial charge in [0.2, 0.25) is 0 Å². The van der Waals surface area contributed by atoms with Gasteiger partial charge in [-0.05, 0) is 0 Å². The molecular weight excluding hydrogens is 106 g/mol. The molecule has 0 atom stereocenters. The Bertz CT molecular complexity index is 80.5. The van der Waals surface area contributed by atoms with Gasteiger partial charge in [0.05, 0.1) is 6.61 Å². The van der Waals surface area contributed by atoms with Crippen molar-refractivity contribution in [3.8, 4) is 0 Å². The van der Waals surface area contributed by atoms with E-state index in [4.69, 9.17) is 4.74 Å². The first-order chi connectivity index (χ1) is 3.77. The van der Waals surface area contributed by atoms with Crippen LogP contribution in [0.15, 0.2) is 0 Å². The Morgan fingerprint density at radius 1 is 1.75 bits per heavy atom. The highest BCUT2D eigenvalue weighted by molar-refractivity contribution is 4.91. The van der Waals surface area contributed by atoms with Crippen molar-refractivity contribution >= 4 is 0 Å². The molecular formula is C5H11NO2. The van der Waals surface area contributed by atoms with E-state index in [2.05, 4.69) is 5.32 Å². The lowest BCUT2D eigenvalue weighted by Gasteiger charge is -2.36. The number of methoxy groups -OCH3 is 1. The van der Waals surface area contributed by atoms with Crippen LogP contribution in [-0.4, -0.2) is 37.5 Å². The molecule has 3 nitrogen and oxygen atoms in total. The molecule has 0 spiro atoms. The summed E-state index contributed by atoms with van der Waals surface area (Å²) in [5.74, 6) is 0. The van der Waals surface area contributed by atoms with Gasteiger partial charge < -0.3 is 15.2 Å². The van der Waals surface area contributed by atoms with Gasteiger partial charge in [-0.2, -0.15) is 0 Å². The number of ether oxygens (including phenoxy) is 1. The Hall–Kier alpha value is -0.120. The third kappa shape index (κ3) is 0.992. The SMILES string of the molecule is COCC1(O)CNC1. The van der Waals surface area contributed by atoms with E-state index in [1.165, 1.54) is 0 Å². The van der Waals surface area contributed by atoms with Gasteiger partial charge in [0.25, 0.3) is 0 Å². The van der Waals surface area contributed by atoms with Crippen LogP contribution < -0.4 is 5.32 Å². The first kappa shape index (κ1) is 6.01. The van der Waals surface area contributed by atoms with Gasteiger partial charge in [-0.1, -0.05) is 0 Å². The lowest BCUT2D eigenvalue weighted by atomic mass is 9.99. The average molecular weight is 117 g/mol. The lowest BCUT2D eigenvalue weighted by molar-refractivity contribution is -0.0661. The van der Waals surface area contributed by atoms with Crippen molar-refractivity contribution in [2.75, 3.05) is 26.8 Å². The van der Waals surface area contributed by atoms with Gasteiger partial charge in [-0.15, -0.1) is 0 Å². The van der Waals surface area contributed by atoms with Crippen molar-refractivity contribution in [2.24, 2.45) is 0 Å². The van der Waals surface area contributed by atoms with Crippen LogP contribution >= 0.6 is 0 Å². The Labute approximate surface area is 48.7 Å². The van der Waals surface area contributed by atoms with Gasteiger partial charge in [-0.3, -0.25) is 0 Å². The van der Waals surface area contributed by atoms with Crippen LogP contribution in [0.25, 0.3) is 0 Å². The smallest absolute Gasteiger partial charge is 0.113 e. The Morgan fingerprint density at radius 2 is 2.38 bits per heavy atom. The van der Waals surface area contributed by atoms with Crippen LogP contribution in [0.1, 0.15) is 0 Å². The highest BCUT2D eigenvalue weighted by Crippen LogP contribution is 2.08. The second kappa shape index (κ2) is 2.01. The molecule has 3 heteroatoms. The minimum absolute atomic E-state index is 0.444. The molecule has 0 saturated carbocycles. The number of rotatable bonds is 2. The van der Waals surface area contributed by atoms with Crippen molar-refractivity contribution in [3.63, 3.8) is 0 Å². The fourth-order valence-electron chi connectivity index (χ4n) is 0.784. The highest BCUT2D eigenvalue weighted by atomic mass is 16.5. The van der Waals surface area contributed by atoms with E-state index in [9.17, 15) is 5.11 Å². The van der Waals surface area contributed by atoms with Gasteiger partial charge in [-0.25, -0.2) is 0 Å². The van der Waals surface area contributed by atoms with Crippen LogP contribution in [0.4, 0.5) is 0 Å². The predicted molar refractivity (Wildman–Crippen MR) is 29.7 cm³/mol. The second-order valence-electron chi connectivity index (χ2n) is 2.26. The van der Waals surface area contributed by atoms with Gasteiger partial charge >= 0.3 is 0 Å². The maximum Gasteiger partial charge on any atom is 0.113 e. The van der Waals surface area contributed by atoms with E-state index in [1.54, 1.807) is 7.11 Å². The van der Waals surface area contributed by atoms with E-state index in [0.717, 1.165) is 0 Å². The average Bonchev–Trinajstić information content (AvgIpc) is 1.64. The molecule has 1 saturated heterocycles. The molecule has 1 fully saturated rings. The number of β-amino-alcohol motifs (C(OH)–C–C–N with tert-alkyl or cyclic N) is 1. The van der Waals surface area contributed by atoms with Gasteiger partial charge in [0.15, 0.2) is 0 Å². The topological polar surface area (TPSA) is 41.5 Å². The van der Waals surface area contributed by atoms with Crippen molar-refractivity contribution in [1.82, 2.24) is 5.32 Å². The summed E-state index contributed by atoms with van der Waals surface area (Å²) in [5.41, 5.74) is -0.561. The quantitative estimate of drug-likeness (QED) is 0.486. The van der Waals surface area contributed by atoms with Gasteiger partial charge in [0.1, 0.15) is 5.60 Å². The molecule has 1 aliphatic heterocycles. The van der Waals surface area contributed by atoms with Crippen molar-refractivity contribution in [3.05, 3.63) is 0 Å². The second-order valence-corrected chi connectivity index (χ2v) is 2.26. The summed E-state index contributed by atoms with van der Waals surface area (Å²) in [5, 5.41) is 12.2. The molecule has 0 bridgehead atoms. The highest BCUT2D eigenvalue weighted by Gasteiger charge is 2.33. The van der Waals surface area contributed by atoms with Gasteiger partial charge in [0, 0.05) is 20.2 Å². The van der Waals surface area contributed by atoms with Crippen LogP contribution in [-0.2, 0) is 4.74 Å². The standard InChI is InChI=1S/C5H11NO2/c1-8-4-5(7)2-6-3-5/h6-7H,2-4H2,1H3. The first-order valence-electron chi connectivity index (χ1n) is 2.69. The Kier molecular flexibility index (Phi) is 1.51. The summed E-state index contributed by atoms with van der Waals surface area (Å²) in [6.45, 7) is 1.78. The minimum atomic E-state index is -0.561. The molecule has 2 N–H and O–H groups in total. The zero-order valence-electron chi connectivity index (χ0n) is 4.98. The third-order valence-electron chi connectivity index (χ3n) is 1.32. The maximum absolute atomic E-state index is 9.22. The number of hydrogen-bond donors (Lipinski definition) is 2. The Balaban J connectivity index is 2.20. The zero-order valence-corrected chi connectivity index (χ0v) is 4.98. The van der Waals surface area contributed by atoms with Crippen molar-refractivity contribution in [1.29, 1.82) is 0 Å². The molecule has 0 radical (unpaired) electrons. The summed E-state index contributed by atoms with van der Waals surface area (Å²) in [6.07, 6.45) is 0. The monoisotopic (exact) mass is 117 g/mol. The van der Waals surface area contributed by atoms with E-state index >= 15 is 0 Å².